The molecule has 2 atom stereocenters. The molecule has 0 saturated heterocycles. The fourth-order valence-electron chi connectivity index (χ4n) is 2.61. The van der Waals surface area contributed by atoms with E-state index in [0.29, 0.717) is 9.65 Å². The van der Waals surface area contributed by atoms with Gasteiger partial charge >= 0.3 is 20.2 Å². The lowest BCUT2D eigenvalue weighted by molar-refractivity contribution is 0.502. The van der Waals surface area contributed by atoms with Crippen molar-refractivity contribution in [2.75, 3.05) is 18.4 Å². The lowest BCUT2D eigenvalue weighted by atomic mass is 10.1. The molecule has 0 aliphatic carbocycles. The number of fused-ring (bicyclic) bond motifs is 1. The molecule has 142 valence electrons. The Morgan fingerprint density at radius 2 is 1.88 bits per heavy atom. The van der Waals surface area contributed by atoms with Crippen LogP contribution in [0.1, 0.15) is 17.3 Å². The predicted molar refractivity (Wildman–Crippen MR) is 95.2 cm³/mol. The summed E-state index contributed by atoms with van der Waals surface area (Å²) in [6.45, 7) is 1.64. The lowest BCUT2D eigenvalue weighted by Crippen LogP contribution is -2.37. The predicted octanol–water partition coefficient (Wildman–Crippen LogP) is 1.11. The first-order valence-electron chi connectivity index (χ1n) is 7.30. The highest BCUT2D eigenvalue weighted by atomic mass is 79.9. The summed E-state index contributed by atoms with van der Waals surface area (Å²) in [6.07, 6.45) is 0.807. The highest BCUT2D eigenvalue weighted by Gasteiger charge is 2.43. The highest BCUT2D eigenvalue weighted by molar-refractivity contribution is 9.09. The van der Waals surface area contributed by atoms with Gasteiger partial charge in [-0.2, -0.15) is 21.1 Å². The van der Waals surface area contributed by atoms with Gasteiger partial charge in [0, 0.05) is 14.1 Å². The number of benzene rings is 1. The van der Waals surface area contributed by atoms with Crippen molar-refractivity contribution >= 4 is 41.8 Å². The maximum atomic E-state index is 13.7. The average Bonchev–Trinajstić information content (AvgIpc) is 3.13. The third-order valence-corrected chi connectivity index (χ3v) is 8.48. The fourth-order valence-corrected chi connectivity index (χ4v) is 5.64. The van der Waals surface area contributed by atoms with Crippen molar-refractivity contribution in [2.24, 2.45) is 0 Å². The van der Waals surface area contributed by atoms with Gasteiger partial charge in [0.05, 0.1) is 16.6 Å². The number of anilines is 1. The number of aromatic nitrogens is 3. The van der Waals surface area contributed by atoms with Crippen molar-refractivity contribution in [3.63, 3.8) is 0 Å². The molecule has 0 amide bonds. The zero-order valence-corrected chi connectivity index (χ0v) is 17.1. The van der Waals surface area contributed by atoms with E-state index in [-0.39, 0.29) is 10.5 Å². The number of hydrogen-bond acceptors (Lipinski definition) is 6. The topological polar surface area (TPSA) is 105 Å². The van der Waals surface area contributed by atoms with Crippen LogP contribution in [0.4, 0.5) is 10.1 Å². The van der Waals surface area contributed by atoms with Crippen LogP contribution in [0, 0.1) is 5.82 Å². The van der Waals surface area contributed by atoms with Gasteiger partial charge in [0.2, 0.25) is 0 Å². The Hall–Kier alpha value is -1.57. The van der Waals surface area contributed by atoms with Gasteiger partial charge in [-0.25, -0.2) is 9.37 Å². The average molecular weight is 468 g/mol. The summed E-state index contributed by atoms with van der Waals surface area (Å²) in [5.41, 5.74) is 0.758. The molecule has 0 radical (unpaired) electrons. The number of hydrogen-bond donors (Lipinski definition) is 0. The zero-order valence-electron chi connectivity index (χ0n) is 13.9. The maximum absolute atomic E-state index is 13.7. The van der Waals surface area contributed by atoms with Crippen LogP contribution < -0.4 is 4.31 Å². The minimum atomic E-state index is -4.31. The smallest absolute Gasteiger partial charge is 0.259 e. The van der Waals surface area contributed by atoms with Gasteiger partial charge in [0.1, 0.15) is 12.1 Å². The van der Waals surface area contributed by atoms with E-state index in [0.717, 1.165) is 21.0 Å². The molecule has 0 spiro atoms. The monoisotopic (exact) mass is 467 g/mol. The van der Waals surface area contributed by atoms with Gasteiger partial charge in [-0.05, 0) is 24.6 Å². The summed E-state index contributed by atoms with van der Waals surface area (Å²) in [5, 5.41) is 2.92. The van der Waals surface area contributed by atoms with Gasteiger partial charge in [0.15, 0.2) is 0 Å². The summed E-state index contributed by atoms with van der Waals surface area (Å²) in [5.74, 6) is -0.591. The van der Waals surface area contributed by atoms with E-state index < -0.39 is 37.2 Å². The van der Waals surface area contributed by atoms with Crippen molar-refractivity contribution in [2.45, 2.75) is 22.9 Å². The number of rotatable bonds is 4. The first kappa shape index (κ1) is 19.2. The first-order valence-corrected chi connectivity index (χ1v) is 11.1. The van der Waals surface area contributed by atoms with Crippen LogP contribution in [0.2, 0.25) is 0 Å². The summed E-state index contributed by atoms with van der Waals surface area (Å²) >= 11 is 3.41. The molecular weight excluding hydrogens is 453 g/mol. The van der Waals surface area contributed by atoms with Gasteiger partial charge in [-0.3, -0.25) is 4.31 Å². The van der Waals surface area contributed by atoms with E-state index in [9.17, 15) is 21.2 Å². The molecule has 2 unspecified atom stereocenters. The molecule has 0 bridgehead atoms. The zero-order chi connectivity index (χ0) is 19.4. The van der Waals surface area contributed by atoms with Crippen LogP contribution in [0.25, 0.3) is 0 Å². The summed E-state index contributed by atoms with van der Waals surface area (Å²) in [6, 6.07) is 3.26. The number of alkyl halides is 1. The van der Waals surface area contributed by atoms with Crippen molar-refractivity contribution in [3.05, 3.63) is 35.9 Å². The quantitative estimate of drug-likeness (QED) is 0.623. The first-order chi connectivity index (χ1) is 12.0. The van der Waals surface area contributed by atoms with Crippen molar-refractivity contribution < 1.29 is 21.2 Å². The Morgan fingerprint density at radius 3 is 2.50 bits per heavy atom. The molecule has 3 rings (SSSR count). The fraction of sp³-hybridized carbons (Fsp3) is 0.385. The van der Waals surface area contributed by atoms with Gasteiger partial charge < -0.3 is 0 Å². The molecule has 1 aliphatic rings. The van der Waals surface area contributed by atoms with Crippen molar-refractivity contribution in [1.82, 2.24) is 18.5 Å². The van der Waals surface area contributed by atoms with Gasteiger partial charge in [0.25, 0.3) is 5.16 Å². The highest BCUT2D eigenvalue weighted by Crippen LogP contribution is 2.46. The van der Waals surface area contributed by atoms with E-state index in [1.165, 1.54) is 26.2 Å². The van der Waals surface area contributed by atoms with E-state index in [1.54, 1.807) is 6.92 Å². The second-order valence-electron chi connectivity index (χ2n) is 5.84. The second-order valence-corrected chi connectivity index (χ2v) is 10.5. The van der Waals surface area contributed by atoms with E-state index in [4.69, 9.17) is 0 Å². The lowest BCUT2D eigenvalue weighted by Gasteiger charge is -2.23. The molecule has 0 N–H and O–H groups in total. The molecule has 9 nitrogen and oxygen atoms in total. The van der Waals surface area contributed by atoms with Gasteiger partial charge in [-0.15, -0.1) is 9.19 Å². The normalized spacial score (nSPS) is 20.6. The Balaban J connectivity index is 2.11. The van der Waals surface area contributed by atoms with Crippen molar-refractivity contribution in [3.8, 4) is 0 Å². The third kappa shape index (κ3) is 2.82. The van der Waals surface area contributed by atoms with Gasteiger partial charge in [-0.1, -0.05) is 22.0 Å². The maximum Gasteiger partial charge on any atom is 0.323 e. The van der Waals surface area contributed by atoms with Crippen molar-refractivity contribution in [1.29, 1.82) is 0 Å². The molecular formula is C13H15BrFN5O4S2. The summed E-state index contributed by atoms with van der Waals surface area (Å²) in [7, 11) is -5.75. The number of sulfonamides is 1. The van der Waals surface area contributed by atoms with E-state index in [2.05, 4.69) is 26.0 Å². The molecule has 13 heteroatoms. The standard InChI is InChI=1S/C13H15BrFN5O4S2/c1-8-12(14)10-5-4-9(15)6-11(10)20(8)25(21,22)13-16-7-19(17-13)26(23,24)18(2)3/h4-8,12H,1-3H3. The van der Waals surface area contributed by atoms with Crippen LogP contribution in [-0.4, -0.2) is 55.4 Å². The third-order valence-electron chi connectivity index (χ3n) is 3.96. The number of halogens is 2. The van der Waals surface area contributed by atoms with Crippen LogP contribution >= 0.6 is 15.9 Å². The second kappa shape index (κ2) is 6.25. The van der Waals surface area contributed by atoms with Crippen LogP contribution in [0.15, 0.2) is 29.7 Å². The van der Waals surface area contributed by atoms with E-state index in [1.807, 2.05) is 0 Å². The molecule has 1 aromatic carbocycles. The molecule has 1 aliphatic heterocycles. The Labute approximate surface area is 158 Å². The molecule has 2 heterocycles. The Bertz CT molecular complexity index is 1070. The molecule has 0 fully saturated rings. The number of nitrogens with zero attached hydrogens (tertiary/aromatic N) is 5. The summed E-state index contributed by atoms with van der Waals surface area (Å²) < 4.78 is 66.2. The van der Waals surface area contributed by atoms with Crippen LogP contribution in [0.5, 0.6) is 0 Å². The largest absolute Gasteiger partial charge is 0.323 e. The molecule has 1 aromatic heterocycles. The minimum Gasteiger partial charge on any atom is -0.259 e. The molecule has 26 heavy (non-hydrogen) atoms. The van der Waals surface area contributed by atoms with E-state index >= 15 is 0 Å². The molecule has 0 saturated carbocycles. The minimum absolute atomic E-state index is 0.159. The SMILES string of the molecule is CC1C(Br)c2ccc(F)cc2N1S(=O)(=O)c1ncn(S(=O)(=O)N(C)C)n1. The summed E-state index contributed by atoms with van der Waals surface area (Å²) in [4.78, 5) is 3.28. The van der Waals surface area contributed by atoms with Crippen LogP contribution in [0.3, 0.4) is 0 Å². The molecule has 2 aromatic rings. The Kier molecular flexibility index (Phi) is 4.61. The Morgan fingerprint density at radius 1 is 1.23 bits per heavy atom. The van der Waals surface area contributed by atoms with Crippen LogP contribution in [-0.2, 0) is 20.2 Å².